The van der Waals surface area contributed by atoms with Gasteiger partial charge >= 0.3 is 0 Å². The van der Waals surface area contributed by atoms with Gasteiger partial charge in [0, 0.05) is 24.1 Å². The Hall–Kier alpha value is -1.46. The molecule has 0 bridgehead atoms. The molecule has 0 aliphatic heterocycles. The van der Waals surface area contributed by atoms with Gasteiger partial charge in [-0.25, -0.2) is 0 Å². The number of ether oxygens (including phenoxy) is 1. The number of nitrogens with two attached hydrogens (primary N) is 1. The van der Waals surface area contributed by atoms with Crippen molar-refractivity contribution in [3.63, 3.8) is 0 Å². The normalized spacial score (nSPS) is 27.8. The molecule has 110 valence electrons. The summed E-state index contributed by atoms with van der Waals surface area (Å²) in [4.78, 5) is 16.6. The van der Waals surface area contributed by atoms with E-state index in [1.165, 1.54) is 0 Å². The Kier molecular flexibility index (Phi) is 3.84. The second-order valence-corrected chi connectivity index (χ2v) is 5.98. The third-order valence-corrected chi connectivity index (χ3v) is 4.40. The predicted molar refractivity (Wildman–Crippen MR) is 78.3 cm³/mol. The van der Waals surface area contributed by atoms with Crippen molar-refractivity contribution in [1.82, 2.24) is 4.98 Å². The van der Waals surface area contributed by atoms with Crippen molar-refractivity contribution in [3.8, 4) is 0 Å². The van der Waals surface area contributed by atoms with Gasteiger partial charge in [0.15, 0.2) is 0 Å². The van der Waals surface area contributed by atoms with Crippen molar-refractivity contribution in [2.75, 3.05) is 11.9 Å². The van der Waals surface area contributed by atoms with Gasteiger partial charge in [0.1, 0.15) is 5.54 Å². The van der Waals surface area contributed by atoms with Gasteiger partial charge in [0.2, 0.25) is 5.91 Å². The van der Waals surface area contributed by atoms with Crippen molar-refractivity contribution < 1.29 is 9.53 Å². The standard InChI is InChI=1S/C15H23N3O2/c1-5-20-12-8-15(16,14(12,3)4)13(19)18-11-7-6-10(2)17-9-11/h6-7,9,12H,5,8,16H2,1-4H3,(H,18,19). The van der Waals surface area contributed by atoms with Crippen LogP contribution in [0, 0.1) is 12.3 Å². The molecule has 0 radical (unpaired) electrons. The predicted octanol–water partition coefficient (Wildman–Crippen LogP) is 1.86. The molecule has 1 aromatic rings. The minimum absolute atomic E-state index is 0.0272. The number of nitrogens with zero attached hydrogens (tertiary/aromatic N) is 1. The Balaban J connectivity index is 2.08. The van der Waals surface area contributed by atoms with E-state index in [1.54, 1.807) is 6.20 Å². The van der Waals surface area contributed by atoms with Crippen molar-refractivity contribution >= 4 is 11.6 Å². The van der Waals surface area contributed by atoms with Crippen LogP contribution in [0.4, 0.5) is 5.69 Å². The summed E-state index contributed by atoms with van der Waals surface area (Å²) < 4.78 is 5.63. The maximum Gasteiger partial charge on any atom is 0.245 e. The third-order valence-electron chi connectivity index (χ3n) is 4.40. The molecular weight excluding hydrogens is 254 g/mol. The monoisotopic (exact) mass is 277 g/mol. The van der Waals surface area contributed by atoms with Gasteiger partial charge in [-0.05, 0) is 26.0 Å². The lowest BCUT2D eigenvalue weighted by molar-refractivity contribution is -0.166. The van der Waals surface area contributed by atoms with E-state index in [0.717, 1.165) is 5.69 Å². The van der Waals surface area contributed by atoms with Crippen LogP contribution in [0.5, 0.6) is 0 Å². The first-order valence-electron chi connectivity index (χ1n) is 6.96. The van der Waals surface area contributed by atoms with Crippen LogP contribution in [0.2, 0.25) is 0 Å². The fourth-order valence-electron chi connectivity index (χ4n) is 2.60. The summed E-state index contributed by atoms with van der Waals surface area (Å²) in [5, 5.41) is 2.85. The Morgan fingerprint density at radius 3 is 2.75 bits per heavy atom. The summed E-state index contributed by atoms with van der Waals surface area (Å²) in [6.07, 6.45) is 2.21. The van der Waals surface area contributed by atoms with Gasteiger partial charge in [0.25, 0.3) is 0 Å². The zero-order valence-electron chi connectivity index (χ0n) is 12.6. The van der Waals surface area contributed by atoms with Crippen LogP contribution in [0.25, 0.3) is 0 Å². The second kappa shape index (κ2) is 5.14. The summed E-state index contributed by atoms with van der Waals surface area (Å²) in [6, 6.07) is 3.68. The average molecular weight is 277 g/mol. The molecule has 5 heteroatoms. The molecule has 20 heavy (non-hydrogen) atoms. The molecule has 1 saturated carbocycles. The lowest BCUT2D eigenvalue weighted by Crippen LogP contribution is -2.74. The van der Waals surface area contributed by atoms with E-state index < -0.39 is 5.54 Å². The Bertz CT molecular complexity index is 498. The van der Waals surface area contributed by atoms with Crippen molar-refractivity contribution in [2.24, 2.45) is 11.1 Å². The Morgan fingerprint density at radius 1 is 1.55 bits per heavy atom. The molecule has 2 unspecified atom stereocenters. The molecule has 1 aliphatic carbocycles. The topological polar surface area (TPSA) is 77.2 Å². The van der Waals surface area contributed by atoms with E-state index in [4.69, 9.17) is 10.5 Å². The Labute approximate surface area is 119 Å². The third kappa shape index (κ3) is 2.31. The van der Waals surface area contributed by atoms with E-state index in [1.807, 2.05) is 39.8 Å². The molecule has 3 N–H and O–H groups in total. The summed E-state index contributed by atoms with van der Waals surface area (Å²) >= 11 is 0. The van der Waals surface area contributed by atoms with E-state index in [0.29, 0.717) is 18.7 Å². The lowest BCUT2D eigenvalue weighted by Gasteiger charge is -2.57. The molecule has 1 amide bonds. The van der Waals surface area contributed by atoms with Crippen LogP contribution in [0.1, 0.15) is 32.9 Å². The maximum atomic E-state index is 12.4. The maximum absolute atomic E-state index is 12.4. The highest BCUT2D eigenvalue weighted by Gasteiger charge is 2.62. The van der Waals surface area contributed by atoms with Crippen LogP contribution in [-0.2, 0) is 9.53 Å². The average Bonchev–Trinajstić information content (AvgIpc) is 2.40. The molecule has 5 nitrogen and oxygen atoms in total. The van der Waals surface area contributed by atoms with Gasteiger partial charge in [-0.3, -0.25) is 9.78 Å². The molecule has 1 aromatic heterocycles. The van der Waals surface area contributed by atoms with Crippen molar-refractivity contribution in [3.05, 3.63) is 24.0 Å². The molecule has 2 rings (SSSR count). The molecule has 1 aliphatic rings. The van der Waals surface area contributed by atoms with E-state index in [2.05, 4.69) is 10.3 Å². The highest BCUT2D eigenvalue weighted by molar-refractivity contribution is 5.99. The zero-order chi connectivity index (χ0) is 15.0. The number of aryl methyl sites for hydroxylation is 1. The van der Waals surface area contributed by atoms with Gasteiger partial charge in [-0.2, -0.15) is 0 Å². The van der Waals surface area contributed by atoms with E-state index >= 15 is 0 Å². The minimum atomic E-state index is -0.905. The largest absolute Gasteiger partial charge is 0.378 e. The number of rotatable bonds is 4. The molecule has 1 heterocycles. The number of nitrogens with one attached hydrogen (secondary N) is 1. The zero-order valence-corrected chi connectivity index (χ0v) is 12.6. The van der Waals surface area contributed by atoms with Crippen molar-refractivity contribution in [1.29, 1.82) is 0 Å². The van der Waals surface area contributed by atoms with Crippen LogP contribution in [0.15, 0.2) is 18.3 Å². The summed E-state index contributed by atoms with van der Waals surface area (Å²) in [5.74, 6) is -0.177. The number of carbonyl (C=O) groups excluding carboxylic acids is 1. The number of hydrogen-bond acceptors (Lipinski definition) is 4. The second-order valence-electron chi connectivity index (χ2n) is 5.98. The summed E-state index contributed by atoms with van der Waals surface area (Å²) in [7, 11) is 0. The molecular formula is C15H23N3O2. The number of anilines is 1. The number of hydrogen-bond donors (Lipinski definition) is 2. The molecule has 0 saturated heterocycles. The smallest absolute Gasteiger partial charge is 0.245 e. The number of carbonyl (C=O) groups is 1. The SMILES string of the molecule is CCOC1CC(N)(C(=O)Nc2ccc(C)nc2)C1(C)C. The summed E-state index contributed by atoms with van der Waals surface area (Å²) in [6.45, 7) is 8.43. The number of amides is 1. The lowest BCUT2D eigenvalue weighted by atomic mass is 9.54. The molecule has 2 atom stereocenters. The first-order chi connectivity index (χ1) is 9.31. The quantitative estimate of drug-likeness (QED) is 0.880. The van der Waals surface area contributed by atoms with Crippen LogP contribution in [0.3, 0.4) is 0 Å². The first-order valence-corrected chi connectivity index (χ1v) is 6.96. The van der Waals surface area contributed by atoms with Crippen LogP contribution < -0.4 is 11.1 Å². The Morgan fingerprint density at radius 2 is 2.25 bits per heavy atom. The van der Waals surface area contributed by atoms with Gasteiger partial charge in [0.05, 0.1) is 18.0 Å². The van der Waals surface area contributed by atoms with Gasteiger partial charge in [-0.1, -0.05) is 13.8 Å². The minimum Gasteiger partial charge on any atom is -0.378 e. The number of aromatic nitrogens is 1. The van der Waals surface area contributed by atoms with Crippen LogP contribution in [-0.4, -0.2) is 29.1 Å². The van der Waals surface area contributed by atoms with E-state index in [-0.39, 0.29) is 17.4 Å². The van der Waals surface area contributed by atoms with Crippen molar-refractivity contribution in [2.45, 2.75) is 45.8 Å². The van der Waals surface area contributed by atoms with Gasteiger partial charge in [-0.15, -0.1) is 0 Å². The van der Waals surface area contributed by atoms with Crippen LogP contribution >= 0.6 is 0 Å². The highest BCUT2D eigenvalue weighted by Crippen LogP contribution is 2.50. The molecule has 1 fully saturated rings. The van der Waals surface area contributed by atoms with Gasteiger partial charge < -0.3 is 15.8 Å². The fraction of sp³-hybridized carbons (Fsp3) is 0.600. The fourth-order valence-corrected chi connectivity index (χ4v) is 2.60. The highest BCUT2D eigenvalue weighted by atomic mass is 16.5. The first kappa shape index (κ1) is 14.9. The number of pyridine rings is 1. The molecule has 0 spiro atoms. The summed E-state index contributed by atoms with van der Waals surface area (Å²) in [5.41, 5.74) is 6.60. The van der Waals surface area contributed by atoms with E-state index in [9.17, 15) is 4.79 Å². The molecule has 0 aromatic carbocycles.